The zero-order valence-electron chi connectivity index (χ0n) is 10.6. The van der Waals surface area contributed by atoms with Crippen LogP contribution in [0.15, 0.2) is 0 Å². The maximum atomic E-state index is 9.70. The molecule has 2 unspecified atom stereocenters. The number of aromatic nitrogens is 2. The first kappa shape index (κ1) is 12.3. The van der Waals surface area contributed by atoms with Crippen molar-refractivity contribution in [1.82, 2.24) is 9.36 Å². The molecule has 0 bridgehead atoms. The lowest BCUT2D eigenvalue weighted by atomic mass is 9.82. The molecule has 100 valence electrons. The van der Waals surface area contributed by atoms with Crippen LogP contribution in [0.5, 0.6) is 0 Å². The van der Waals surface area contributed by atoms with Crippen molar-refractivity contribution in [3.8, 4) is 0 Å². The molecule has 1 saturated carbocycles. The molecule has 3 rings (SSSR count). The third-order valence-electron chi connectivity index (χ3n) is 4.36. The Morgan fingerprint density at radius 2 is 2.50 bits per heavy atom. The minimum atomic E-state index is 0.118. The van der Waals surface area contributed by atoms with Gasteiger partial charge < -0.3 is 14.7 Å². The average molecular weight is 269 g/mol. The lowest BCUT2D eigenvalue weighted by Crippen LogP contribution is -2.30. The molecule has 1 aromatic rings. The molecule has 0 radical (unpaired) electrons. The van der Waals surface area contributed by atoms with Crippen molar-refractivity contribution in [3.63, 3.8) is 0 Å². The van der Waals surface area contributed by atoms with Crippen molar-refractivity contribution in [3.05, 3.63) is 5.82 Å². The zero-order valence-corrected chi connectivity index (χ0v) is 11.4. The van der Waals surface area contributed by atoms with E-state index >= 15 is 0 Å². The molecular weight excluding hydrogens is 250 g/mol. The van der Waals surface area contributed by atoms with E-state index < -0.39 is 0 Å². The number of anilines is 1. The predicted molar refractivity (Wildman–Crippen MR) is 69.7 cm³/mol. The SMILES string of the molecule is COCc1nsc(N2CC3CCCC3(CO)C2)n1. The lowest BCUT2D eigenvalue weighted by molar-refractivity contribution is 0.121. The number of aliphatic hydroxyl groups excluding tert-OH is 1. The second kappa shape index (κ2) is 4.75. The molecule has 2 heterocycles. The van der Waals surface area contributed by atoms with E-state index in [-0.39, 0.29) is 5.41 Å². The van der Waals surface area contributed by atoms with Gasteiger partial charge in [-0.3, -0.25) is 0 Å². The predicted octanol–water partition coefficient (Wildman–Crippen LogP) is 1.28. The Kier molecular flexibility index (Phi) is 3.25. The highest BCUT2D eigenvalue weighted by atomic mass is 32.1. The summed E-state index contributed by atoms with van der Waals surface area (Å²) < 4.78 is 9.34. The van der Waals surface area contributed by atoms with Crippen LogP contribution in [0.2, 0.25) is 0 Å². The zero-order chi connectivity index (χ0) is 12.6. The quantitative estimate of drug-likeness (QED) is 0.892. The largest absolute Gasteiger partial charge is 0.396 e. The van der Waals surface area contributed by atoms with Crippen LogP contribution in [0.3, 0.4) is 0 Å². The van der Waals surface area contributed by atoms with Gasteiger partial charge in [-0.2, -0.15) is 4.37 Å². The molecule has 1 saturated heterocycles. The van der Waals surface area contributed by atoms with Crippen LogP contribution in [0.25, 0.3) is 0 Å². The molecule has 5 nitrogen and oxygen atoms in total. The summed E-state index contributed by atoms with van der Waals surface area (Å²) in [6, 6.07) is 0. The fraction of sp³-hybridized carbons (Fsp3) is 0.833. The van der Waals surface area contributed by atoms with Crippen molar-refractivity contribution in [2.45, 2.75) is 25.9 Å². The average Bonchev–Trinajstić information content (AvgIpc) is 3.00. The van der Waals surface area contributed by atoms with E-state index in [1.54, 1.807) is 7.11 Å². The van der Waals surface area contributed by atoms with Crippen LogP contribution in [0, 0.1) is 11.3 Å². The third kappa shape index (κ3) is 1.92. The first-order chi connectivity index (χ1) is 8.77. The molecule has 1 aliphatic carbocycles. The maximum absolute atomic E-state index is 9.70. The van der Waals surface area contributed by atoms with Gasteiger partial charge in [0.2, 0.25) is 5.13 Å². The number of nitrogens with zero attached hydrogens (tertiary/aromatic N) is 3. The Hall–Kier alpha value is -0.720. The summed E-state index contributed by atoms with van der Waals surface area (Å²) in [5, 5.41) is 10.7. The van der Waals surface area contributed by atoms with Crippen molar-refractivity contribution >= 4 is 16.7 Å². The van der Waals surface area contributed by atoms with Gasteiger partial charge in [0.05, 0.1) is 6.61 Å². The maximum Gasteiger partial charge on any atom is 0.205 e. The molecule has 1 aliphatic heterocycles. The molecule has 1 N–H and O–H groups in total. The number of hydrogen-bond acceptors (Lipinski definition) is 6. The highest BCUT2D eigenvalue weighted by molar-refractivity contribution is 7.09. The molecular formula is C12H19N3O2S. The van der Waals surface area contributed by atoms with Crippen molar-refractivity contribution in [2.75, 3.05) is 31.7 Å². The minimum absolute atomic E-state index is 0.118. The van der Waals surface area contributed by atoms with Gasteiger partial charge in [-0.05, 0) is 18.8 Å². The number of aliphatic hydroxyl groups is 1. The van der Waals surface area contributed by atoms with Gasteiger partial charge in [-0.25, -0.2) is 4.98 Å². The summed E-state index contributed by atoms with van der Waals surface area (Å²) in [6.45, 7) is 2.72. The van der Waals surface area contributed by atoms with Crippen LogP contribution in [0.1, 0.15) is 25.1 Å². The Bertz CT molecular complexity index is 425. The van der Waals surface area contributed by atoms with Gasteiger partial charge in [-0.1, -0.05) is 6.42 Å². The van der Waals surface area contributed by atoms with Gasteiger partial charge in [0, 0.05) is 37.1 Å². The van der Waals surface area contributed by atoms with E-state index in [0.717, 1.165) is 30.5 Å². The molecule has 2 atom stereocenters. The number of rotatable bonds is 4. The first-order valence-electron chi connectivity index (χ1n) is 6.45. The number of fused-ring (bicyclic) bond motifs is 1. The van der Waals surface area contributed by atoms with E-state index in [1.807, 2.05) is 0 Å². The fourth-order valence-electron chi connectivity index (χ4n) is 3.38. The van der Waals surface area contributed by atoms with Crippen molar-refractivity contribution in [2.24, 2.45) is 11.3 Å². The molecule has 2 fully saturated rings. The van der Waals surface area contributed by atoms with Gasteiger partial charge in [0.1, 0.15) is 6.61 Å². The molecule has 0 amide bonds. The second-order valence-corrected chi connectivity index (χ2v) is 6.15. The molecule has 6 heteroatoms. The number of ether oxygens (including phenoxy) is 1. The Morgan fingerprint density at radius 1 is 1.61 bits per heavy atom. The summed E-state index contributed by atoms with van der Waals surface area (Å²) in [6.07, 6.45) is 3.64. The monoisotopic (exact) mass is 269 g/mol. The molecule has 2 aliphatic rings. The smallest absolute Gasteiger partial charge is 0.205 e. The van der Waals surface area contributed by atoms with E-state index in [9.17, 15) is 5.11 Å². The van der Waals surface area contributed by atoms with Crippen LogP contribution in [-0.2, 0) is 11.3 Å². The Morgan fingerprint density at radius 3 is 3.22 bits per heavy atom. The number of hydrogen-bond donors (Lipinski definition) is 1. The van der Waals surface area contributed by atoms with Crippen LogP contribution >= 0.6 is 11.5 Å². The third-order valence-corrected chi connectivity index (χ3v) is 5.17. The van der Waals surface area contributed by atoms with Crippen LogP contribution in [-0.4, -0.2) is 41.3 Å². The van der Waals surface area contributed by atoms with Crippen LogP contribution in [0.4, 0.5) is 5.13 Å². The van der Waals surface area contributed by atoms with Gasteiger partial charge in [0.25, 0.3) is 0 Å². The Balaban J connectivity index is 1.74. The van der Waals surface area contributed by atoms with Crippen molar-refractivity contribution in [1.29, 1.82) is 0 Å². The van der Waals surface area contributed by atoms with Gasteiger partial charge in [0.15, 0.2) is 5.82 Å². The highest BCUT2D eigenvalue weighted by Crippen LogP contribution is 2.49. The minimum Gasteiger partial charge on any atom is -0.396 e. The summed E-state index contributed by atoms with van der Waals surface area (Å²) in [4.78, 5) is 6.79. The molecule has 0 aromatic carbocycles. The second-order valence-electron chi connectivity index (χ2n) is 5.42. The summed E-state index contributed by atoms with van der Waals surface area (Å²) in [5.74, 6) is 1.38. The highest BCUT2D eigenvalue weighted by Gasteiger charge is 2.49. The van der Waals surface area contributed by atoms with E-state index in [0.29, 0.717) is 19.1 Å². The summed E-state index contributed by atoms with van der Waals surface area (Å²) in [5.41, 5.74) is 0.118. The normalized spacial score (nSPS) is 31.0. The van der Waals surface area contributed by atoms with E-state index in [4.69, 9.17) is 4.74 Å². The van der Waals surface area contributed by atoms with E-state index in [2.05, 4.69) is 14.3 Å². The van der Waals surface area contributed by atoms with Crippen LogP contribution < -0.4 is 4.90 Å². The Labute approximate surface area is 111 Å². The van der Waals surface area contributed by atoms with E-state index in [1.165, 1.54) is 24.4 Å². The summed E-state index contributed by atoms with van der Waals surface area (Å²) in [7, 11) is 1.65. The number of methoxy groups -OCH3 is 1. The fourth-order valence-corrected chi connectivity index (χ4v) is 4.06. The molecule has 18 heavy (non-hydrogen) atoms. The summed E-state index contributed by atoms with van der Waals surface area (Å²) >= 11 is 1.44. The van der Waals surface area contributed by atoms with Gasteiger partial charge >= 0.3 is 0 Å². The molecule has 1 aromatic heterocycles. The molecule has 0 spiro atoms. The lowest BCUT2D eigenvalue weighted by Gasteiger charge is -2.25. The standard InChI is InChI=1S/C12H19N3O2S/c1-17-6-10-13-11(18-14-10)15-5-9-3-2-4-12(9,7-15)8-16/h9,16H,2-8H2,1H3. The van der Waals surface area contributed by atoms with Gasteiger partial charge in [-0.15, -0.1) is 0 Å². The van der Waals surface area contributed by atoms with Crippen molar-refractivity contribution < 1.29 is 9.84 Å². The first-order valence-corrected chi connectivity index (χ1v) is 7.22. The topological polar surface area (TPSA) is 58.5 Å².